The number of amidine groups is 1. The van der Waals surface area contributed by atoms with Crippen molar-refractivity contribution in [1.82, 2.24) is 9.80 Å². The van der Waals surface area contributed by atoms with Gasteiger partial charge in [-0.25, -0.2) is 0 Å². The van der Waals surface area contributed by atoms with Crippen molar-refractivity contribution in [1.29, 1.82) is 5.41 Å². The monoisotopic (exact) mass is 472 g/mol. The van der Waals surface area contributed by atoms with Gasteiger partial charge < -0.3 is 15.4 Å². The lowest BCUT2D eigenvalue weighted by molar-refractivity contribution is -0.0533. The number of rotatable bonds is 9. The highest BCUT2D eigenvalue weighted by molar-refractivity contribution is 5.98. The molecule has 2 unspecified atom stereocenters. The summed E-state index contributed by atoms with van der Waals surface area (Å²) in [5.74, 6) is 0.465. The number of ether oxygens (including phenoxy) is 1. The third kappa shape index (κ3) is 5.89. The zero-order valence-electron chi connectivity index (χ0n) is 20.7. The van der Waals surface area contributed by atoms with Crippen molar-refractivity contribution >= 4 is 22.5 Å². The van der Waals surface area contributed by atoms with Crippen molar-refractivity contribution in [2.24, 2.45) is 11.7 Å². The van der Waals surface area contributed by atoms with Gasteiger partial charge in [0.15, 0.2) is 0 Å². The third-order valence-electron chi connectivity index (χ3n) is 7.27. The van der Waals surface area contributed by atoms with Crippen LogP contribution in [0.5, 0.6) is 0 Å². The highest BCUT2D eigenvalue weighted by Crippen LogP contribution is 2.26. The van der Waals surface area contributed by atoms with Gasteiger partial charge in [0, 0.05) is 44.6 Å². The Balaban J connectivity index is 1.53. The zero-order valence-corrected chi connectivity index (χ0v) is 20.7. The molecule has 0 radical (unpaired) electrons. The highest BCUT2D eigenvalue weighted by atomic mass is 16.5. The first-order valence-corrected chi connectivity index (χ1v) is 12.4. The molecule has 4 rings (SSSR count). The third-order valence-corrected chi connectivity index (χ3v) is 7.27. The number of likely N-dealkylation sites (tertiary alicyclic amines) is 1. The lowest BCUT2D eigenvalue weighted by Crippen LogP contribution is -2.46. The first kappa shape index (κ1) is 24.9. The molecular weight excluding hydrogens is 436 g/mol. The molecule has 0 saturated carbocycles. The van der Waals surface area contributed by atoms with E-state index in [1.54, 1.807) is 7.11 Å². The predicted molar refractivity (Wildman–Crippen MR) is 141 cm³/mol. The molecule has 6 nitrogen and oxygen atoms in total. The first-order chi connectivity index (χ1) is 17.0. The number of hydrogen-bond donors (Lipinski definition) is 2. The molecule has 6 heteroatoms. The lowest BCUT2D eigenvalue weighted by atomic mass is 9.95. The Morgan fingerprint density at radius 3 is 2.37 bits per heavy atom. The number of nitrogens with zero attached hydrogens (tertiary/aromatic N) is 2. The van der Waals surface area contributed by atoms with Gasteiger partial charge >= 0.3 is 0 Å². The molecule has 1 aliphatic rings. The average Bonchev–Trinajstić information content (AvgIpc) is 2.91. The summed E-state index contributed by atoms with van der Waals surface area (Å²) in [6.45, 7) is 4.35. The van der Waals surface area contributed by atoms with Crippen LogP contribution in [-0.2, 0) is 4.74 Å². The van der Waals surface area contributed by atoms with Gasteiger partial charge in [0.2, 0.25) is 0 Å². The van der Waals surface area contributed by atoms with Crippen LogP contribution in [0.4, 0.5) is 0 Å². The van der Waals surface area contributed by atoms with E-state index in [2.05, 4.69) is 30.0 Å². The molecule has 0 aliphatic carbocycles. The summed E-state index contributed by atoms with van der Waals surface area (Å²) < 4.78 is 5.87. The molecule has 3 aromatic carbocycles. The Hall–Kier alpha value is -3.22. The summed E-state index contributed by atoms with van der Waals surface area (Å²) in [5.41, 5.74) is 7.53. The van der Waals surface area contributed by atoms with Crippen molar-refractivity contribution in [3.05, 3.63) is 83.9 Å². The molecule has 0 bridgehead atoms. The summed E-state index contributed by atoms with van der Waals surface area (Å²) in [5, 5.41) is 9.92. The van der Waals surface area contributed by atoms with Gasteiger partial charge in [0.1, 0.15) is 6.23 Å². The zero-order chi connectivity index (χ0) is 24.8. The Labute approximate surface area is 208 Å². The van der Waals surface area contributed by atoms with Crippen molar-refractivity contribution in [2.75, 3.05) is 26.7 Å². The second-order valence-electron chi connectivity index (χ2n) is 9.39. The molecule has 1 amide bonds. The van der Waals surface area contributed by atoms with Crippen LogP contribution in [0.25, 0.3) is 10.8 Å². The topological polar surface area (TPSA) is 82.7 Å². The first-order valence-electron chi connectivity index (χ1n) is 12.4. The van der Waals surface area contributed by atoms with Crippen molar-refractivity contribution in [3.8, 4) is 0 Å². The molecular formula is C29H36N4O2. The average molecular weight is 473 g/mol. The Bertz CT molecular complexity index is 1140. The minimum Gasteiger partial charge on any atom is -0.387 e. The minimum absolute atomic E-state index is 0.0252. The smallest absolute Gasteiger partial charge is 0.254 e. The lowest BCUT2D eigenvalue weighted by Gasteiger charge is -2.38. The molecule has 2 atom stereocenters. The number of hydrogen-bond acceptors (Lipinski definition) is 4. The van der Waals surface area contributed by atoms with E-state index in [1.165, 1.54) is 0 Å². The van der Waals surface area contributed by atoms with Crippen LogP contribution in [0.15, 0.2) is 72.8 Å². The van der Waals surface area contributed by atoms with E-state index < -0.39 is 0 Å². The van der Waals surface area contributed by atoms with Gasteiger partial charge in [0.25, 0.3) is 5.91 Å². The number of nitrogens with two attached hydrogens (primary N) is 1. The number of carbonyl (C=O) groups excluding carboxylic acids is 1. The fraction of sp³-hybridized carbons (Fsp3) is 0.379. The summed E-state index contributed by atoms with van der Waals surface area (Å²) >= 11 is 0. The van der Waals surface area contributed by atoms with E-state index in [4.69, 9.17) is 15.9 Å². The number of amides is 1. The van der Waals surface area contributed by atoms with Crippen LogP contribution in [0, 0.1) is 11.3 Å². The predicted octanol–water partition coefficient (Wildman–Crippen LogP) is 5.05. The Kier molecular flexibility index (Phi) is 8.16. The van der Waals surface area contributed by atoms with Gasteiger partial charge in [-0.15, -0.1) is 0 Å². The summed E-state index contributed by atoms with van der Waals surface area (Å²) in [6, 6.07) is 24.2. The number of methoxy groups -OCH3 is 1. The summed E-state index contributed by atoms with van der Waals surface area (Å²) in [7, 11) is 1.73. The molecule has 3 aromatic rings. The molecule has 0 spiro atoms. The van der Waals surface area contributed by atoms with E-state index in [9.17, 15) is 4.79 Å². The molecule has 184 valence electrons. The van der Waals surface area contributed by atoms with E-state index >= 15 is 0 Å². The number of carbonyl (C=O) groups is 1. The maximum atomic E-state index is 13.8. The highest BCUT2D eigenvalue weighted by Gasteiger charge is 2.29. The van der Waals surface area contributed by atoms with E-state index in [0.717, 1.165) is 42.3 Å². The quantitative estimate of drug-likeness (QED) is 0.337. The van der Waals surface area contributed by atoms with E-state index in [-0.39, 0.29) is 29.9 Å². The molecule has 3 N–H and O–H groups in total. The van der Waals surface area contributed by atoms with Gasteiger partial charge in [-0.3, -0.25) is 15.1 Å². The van der Waals surface area contributed by atoms with Gasteiger partial charge in [-0.05, 0) is 48.2 Å². The molecule has 1 heterocycles. The summed E-state index contributed by atoms with van der Waals surface area (Å²) in [4.78, 5) is 18.1. The standard InChI is InChI=1S/C29H36N4O2/c1-21(22-8-4-3-5-9-22)33(29(34)26-13-12-23-10-6-7-11-25(23)20-26)19-16-27(35-2)32-17-14-24(15-18-32)28(30)31/h3-13,20-21,24,27H,14-19H2,1-2H3,(H3,30,31). The number of piperidine rings is 1. The second-order valence-corrected chi connectivity index (χ2v) is 9.39. The molecule has 1 saturated heterocycles. The normalized spacial score (nSPS) is 16.6. The number of nitrogens with one attached hydrogen (secondary N) is 1. The van der Waals surface area contributed by atoms with Crippen molar-refractivity contribution in [2.45, 2.75) is 38.5 Å². The summed E-state index contributed by atoms with van der Waals surface area (Å²) in [6.07, 6.45) is 2.36. The SMILES string of the molecule is COC(CCN(C(=O)c1ccc2ccccc2c1)C(C)c1ccccc1)N1CCC(C(=N)N)CC1. The Morgan fingerprint density at radius 2 is 1.71 bits per heavy atom. The maximum absolute atomic E-state index is 13.8. The number of fused-ring (bicyclic) bond motifs is 1. The fourth-order valence-corrected chi connectivity index (χ4v) is 5.07. The molecule has 1 aliphatic heterocycles. The van der Waals surface area contributed by atoms with Crippen LogP contribution in [-0.4, -0.2) is 54.5 Å². The van der Waals surface area contributed by atoms with Crippen molar-refractivity contribution in [3.63, 3.8) is 0 Å². The van der Waals surface area contributed by atoms with E-state index in [1.807, 2.05) is 59.5 Å². The van der Waals surface area contributed by atoms with Crippen LogP contribution in [0.3, 0.4) is 0 Å². The molecule has 0 aromatic heterocycles. The Morgan fingerprint density at radius 1 is 1.06 bits per heavy atom. The van der Waals surface area contributed by atoms with Gasteiger partial charge in [-0.2, -0.15) is 0 Å². The van der Waals surface area contributed by atoms with E-state index in [0.29, 0.717) is 18.5 Å². The fourth-order valence-electron chi connectivity index (χ4n) is 5.07. The van der Waals surface area contributed by atoms with Gasteiger partial charge in [0.05, 0.1) is 11.9 Å². The second kappa shape index (κ2) is 11.5. The largest absolute Gasteiger partial charge is 0.387 e. The minimum atomic E-state index is -0.0854. The van der Waals surface area contributed by atoms with Gasteiger partial charge in [-0.1, -0.05) is 60.7 Å². The van der Waals surface area contributed by atoms with Crippen LogP contribution >= 0.6 is 0 Å². The molecule has 35 heavy (non-hydrogen) atoms. The maximum Gasteiger partial charge on any atom is 0.254 e. The van der Waals surface area contributed by atoms with Crippen LogP contribution < -0.4 is 5.73 Å². The van der Waals surface area contributed by atoms with Crippen LogP contribution in [0.2, 0.25) is 0 Å². The molecule has 1 fully saturated rings. The van der Waals surface area contributed by atoms with Crippen LogP contribution in [0.1, 0.15) is 48.1 Å². The number of benzene rings is 3. The van der Waals surface area contributed by atoms with Crippen molar-refractivity contribution < 1.29 is 9.53 Å².